The first-order valence-electron chi connectivity index (χ1n) is 7.23. The Morgan fingerprint density at radius 1 is 1.43 bits per heavy atom. The number of likely N-dealkylation sites (tertiary alicyclic amines) is 1. The first kappa shape index (κ1) is 16.6. The summed E-state index contributed by atoms with van der Waals surface area (Å²) in [6, 6.07) is -1.25. The molecule has 2 heterocycles. The highest BCUT2D eigenvalue weighted by Crippen LogP contribution is 2.37. The second kappa shape index (κ2) is 5.14. The van der Waals surface area contributed by atoms with E-state index in [1.165, 1.54) is 11.8 Å². The lowest BCUT2D eigenvalue weighted by Crippen LogP contribution is -2.54. The fourth-order valence-corrected chi connectivity index (χ4v) is 3.03. The zero-order valence-corrected chi connectivity index (χ0v) is 12.9. The predicted octanol–water partition coefficient (Wildman–Crippen LogP) is 0.760. The molecule has 2 N–H and O–H groups in total. The minimum absolute atomic E-state index is 0.152. The van der Waals surface area contributed by atoms with Gasteiger partial charge in [-0.3, -0.25) is 4.90 Å². The number of ether oxygens (including phenoxy) is 1. The first-order valence-corrected chi connectivity index (χ1v) is 7.23. The molecule has 0 aromatic heterocycles. The Hall–Kier alpha value is -0.790. The van der Waals surface area contributed by atoms with Crippen molar-refractivity contribution in [3.05, 3.63) is 0 Å². The van der Waals surface area contributed by atoms with Gasteiger partial charge in [0.1, 0.15) is 5.60 Å². The summed E-state index contributed by atoms with van der Waals surface area (Å²) in [5.41, 5.74) is -2.53. The van der Waals surface area contributed by atoms with E-state index in [0.29, 0.717) is 13.0 Å². The molecule has 2 saturated heterocycles. The monoisotopic (exact) mass is 306 g/mol. The Morgan fingerprint density at radius 3 is 2.62 bits per heavy atom. The summed E-state index contributed by atoms with van der Waals surface area (Å²) in [6.45, 7) is 6.32. The molecule has 0 spiro atoms. The number of esters is 1. The van der Waals surface area contributed by atoms with E-state index < -0.39 is 29.1 Å². The molecule has 7 heteroatoms. The SMILES string of the molecule is CC(C)(C)OC(=O)C(C)(O)CN1CC[C@@H]2NCC(F)(F)[C@@H]21. The van der Waals surface area contributed by atoms with Crippen LogP contribution in [0.3, 0.4) is 0 Å². The van der Waals surface area contributed by atoms with Gasteiger partial charge in [-0.2, -0.15) is 0 Å². The number of rotatable bonds is 3. The molecule has 0 aromatic rings. The molecule has 0 saturated carbocycles. The number of hydrogen-bond donors (Lipinski definition) is 2. The van der Waals surface area contributed by atoms with Crippen LogP contribution in [0.2, 0.25) is 0 Å². The van der Waals surface area contributed by atoms with Crippen LogP contribution < -0.4 is 5.32 Å². The van der Waals surface area contributed by atoms with Gasteiger partial charge >= 0.3 is 5.97 Å². The van der Waals surface area contributed by atoms with Crippen LogP contribution in [0.25, 0.3) is 0 Å². The summed E-state index contributed by atoms with van der Waals surface area (Å²) < 4.78 is 32.9. The van der Waals surface area contributed by atoms with Crippen molar-refractivity contribution in [2.75, 3.05) is 19.6 Å². The summed E-state index contributed by atoms with van der Waals surface area (Å²) in [6.07, 6.45) is 0.588. The maximum Gasteiger partial charge on any atom is 0.339 e. The fraction of sp³-hybridized carbons (Fsp3) is 0.929. The summed E-state index contributed by atoms with van der Waals surface area (Å²) in [5.74, 6) is -3.63. The fourth-order valence-electron chi connectivity index (χ4n) is 3.03. The quantitative estimate of drug-likeness (QED) is 0.754. The van der Waals surface area contributed by atoms with Crippen molar-refractivity contribution in [3.63, 3.8) is 0 Å². The van der Waals surface area contributed by atoms with E-state index in [4.69, 9.17) is 4.74 Å². The van der Waals surface area contributed by atoms with Crippen LogP contribution in [0.5, 0.6) is 0 Å². The van der Waals surface area contributed by atoms with Gasteiger partial charge in [0.05, 0.1) is 12.6 Å². The minimum atomic E-state index is -2.84. The van der Waals surface area contributed by atoms with Crippen LogP contribution in [-0.4, -0.2) is 64.8 Å². The highest BCUT2D eigenvalue weighted by Gasteiger charge is 2.57. The van der Waals surface area contributed by atoms with Crippen LogP contribution in [0, 0.1) is 0 Å². The third-order valence-electron chi connectivity index (χ3n) is 3.88. The second-order valence-corrected chi connectivity index (χ2v) is 7.23. The van der Waals surface area contributed by atoms with Gasteiger partial charge in [-0.1, -0.05) is 0 Å². The van der Waals surface area contributed by atoms with E-state index in [1.807, 2.05) is 0 Å². The Morgan fingerprint density at radius 2 is 2.05 bits per heavy atom. The molecule has 2 aliphatic heterocycles. The molecule has 122 valence electrons. The Bertz CT molecular complexity index is 421. The molecule has 1 unspecified atom stereocenters. The number of carbonyl (C=O) groups is 1. The number of β-amino-alcohol motifs (C(OH)–C–C–N with tert-alkyl or cyclic N) is 1. The van der Waals surface area contributed by atoms with Gasteiger partial charge in [-0.25, -0.2) is 13.6 Å². The summed E-state index contributed by atoms with van der Waals surface area (Å²) in [7, 11) is 0. The normalized spacial score (nSPS) is 31.8. The summed E-state index contributed by atoms with van der Waals surface area (Å²) in [4.78, 5) is 13.5. The lowest BCUT2D eigenvalue weighted by Gasteiger charge is -2.34. The third kappa shape index (κ3) is 3.52. The van der Waals surface area contributed by atoms with Gasteiger partial charge in [0.15, 0.2) is 5.60 Å². The van der Waals surface area contributed by atoms with Gasteiger partial charge in [0, 0.05) is 19.1 Å². The number of hydrogen-bond acceptors (Lipinski definition) is 5. The number of alkyl halides is 2. The lowest BCUT2D eigenvalue weighted by molar-refractivity contribution is -0.178. The van der Waals surface area contributed by atoms with Gasteiger partial charge < -0.3 is 15.2 Å². The van der Waals surface area contributed by atoms with Crippen molar-refractivity contribution in [2.45, 2.75) is 63.3 Å². The molecular weight excluding hydrogens is 282 g/mol. The van der Waals surface area contributed by atoms with Gasteiger partial charge in [-0.05, 0) is 34.1 Å². The molecule has 21 heavy (non-hydrogen) atoms. The zero-order valence-electron chi connectivity index (χ0n) is 12.9. The van der Waals surface area contributed by atoms with Crippen LogP contribution >= 0.6 is 0 Å². The van der Waals surface area contributed by atoms with Crippen LogP contribution in [0.1, 0.15) is 34.1 Å². The Labute approximate surface area is 123 Å². The number of nitrogens with one attached hydrogen (secondary N) is 1. The third-order valence-corrected chi connectivity index (χ3v) is 3.88. The van der Waals surface area contributed by atoms with Crippen LogP contribution in [0.4, 0.5) is 8.78 Å². The standard InChI is InChI=1S/C14H24F2N2O3/c1-12(2,3)21-11(19)13(4,20)8-18-6-5-9-10(18)14(15,16)7-17-9/h9-10,17,20H,5-8H2,1-4H3/t9-,10+,13?/m0/s1. The van der Waals surface area contributed by atoms with Gasteiger partial charge in [-0.15, -0.1) is 0 Å². The lowest BCUT2D eigenvalue weighted by atomic mass is 10.0. The summed E-state index contributed by atoms with van der Waals surface area (Å²) in [5, 5.41) is 13.1. The number of carbonyl (C=O) groups excluding carboxylic acids is 1. The van der Waals surface area contributed by atoms with Crippen molar-refractivity contribution in [1.29, 1.82) is 0 Å². The predicted molar refractivity (Wildman–Crippen MR) is 73.2 cm³/mol. The zero-order chi connectivity index (χ0) is 16.1. The maximum atomic E-state index is 13.9. The van der Waals surface area contributed by atoms with E-state index in [1.54, 1.807) is 20.8 Å². The Balaban J connectivity index is 2.05. The summed E-state index contributed by atoms with van der Waals surface area (Å²) >= 11 is 0. The highest BCUT2D eigenvalue weighted by atomic mass is 19.3. The van der Waals surface area contributed by atoms with E-state index in [-0.39, 0.29) is 19.1 Å². The molecule has 2 fully saturated rings. The van der Waals surface area contributed by atoms with E-state index in [2.05, 4.69) is 5.32 Å². The highest BCUT2D eigenvalue weighted by molar-refractivity contribution is 5.79. The van der Waals surface area contributed by atoms with Gasteiger partial charge in [0.25, 0.3) is 5.92 Å². The molecule has 5 nitrogen and oxygen atoms in total. The van der Waals surface area contributed by atoms with Crippen LogP contribution in [-0.2, 0) is 9.53 Å². The minimum Gasteiger partial charge on any atom is -0.458 e. The largest absolute Gasteiger partial charge is 0.458 e. The second-order valence-electron chi connectivity index (χ2n) is 7.23. The van der Waals surface area contributed by atoms with E-state index >= 15 is 0 Å². The molecule has 0 bridgehead atoms. The van der Waals surface area contributed by atoms with Gasteiger partial charge in [0.2, 0.25) is 0 Å². The number of nitrogens with zero attached hydrogens (tertiary/aromatic N) is 1. The molecular formula is C14H24F2N2O3. The van der Waals surface area contributed by atoms with E-state index in [9.17, 15) is 18.7 Å². The van der Waals surface area contributed by atoms with Crippen LogP contribution in [0.15, 0.2) is 0 Å². The van der Waals surface area contributed by atoms with Crippen molar-refractivity contribution >= 4 is 5.97 Å². The van der Waals surface area contributed by atoms with Crippen molar-refractivity contribution in [2.24, 2.45) is 0 Å². The van der Waals surface area contributed by atoms with Crippen molar-refractivity contribution in [3.8, 4) is 0 Å². The molecule has 2 rings (SSSR count). The topological polar surface area (TPSA) is 61.8 Å². The average Bonchev–Trinajstić information content (AvgIpc) is 2.79. The van der Waals surface area contributed by atoms with Crippen molar-refractivity contribution in [1.82, 2.24) is 10.2 Å². The molecule has 0 amide bonds. The number of halogens is 2. The Kier molecular flexibility index (Phi) is 4.06. The molecule has 0 aromatic carbocycles. The number of fused-ring (bicyclic) bond motifs is 1. The molecule has 0 radical (unpaired) electrons. The number of aliphatic hydroxyl groups is 1. The molecule has 0 aliphatic carbocycles. The molecule has 3 atom stereocenters. The van der Waals surface area contributed by atoms with Crippen molar-refractivity contribution < 1.29 is 23.4 Å². The molecule has 2 aliphatic rings. The van der Waals surface area contributed by atoms with E-state index in [0.717, 1.165) is 0 Å². The smallest absolute Gasteiger partial charge is 0.339 e. The first-order chi connectivity index (χ1) is 9.42. The maximum absolute atomic E-state index is 13.9. The average molecular weight is 306 g/mol.